The minimum Gasteiger partial charge on any atom is -0.361 e. The van der Waals surface area contributed by atoms with Gasteiger partial charge in [-0.3, -0.25) is 57.5 Å². The van der Waals surface area contributed by atoms with E-state index in [9.17, 15) is 9.59 Å². The second kappa shape index (κ2) is 46.0. The molecule has 3 aromatic carbocycles. The third kappa shape index (κ3) is 27.0. The van der Waals surface area contributed by atoms with Gasteiger partial charge in [0.15, 0.2) is 5.37 Å². The molecule has 115 heavy (non-hydrogen) atoms. The summed E-state index contributed by atoms with van der Waals surface area (Å²) in [5.41, 5.74) is 33.6. The quantitative estimate of drug-likeness (QED) is 0.0198. The minimum atomic E-state index is -1.79. The number of nitrogens with two attached hydrogens (primary N) is 5. The van der Waals surface area contributed by atoms with Crippen molar-refractivity contribution in [1.82, 2.24) is 93.7 Å². The fraction of sp³-hybridized carbons (Fsp3) is 0.487. The van der Waals surface area contributed by atoms with Gasteiger partial charge in [0.05, 0.1) is 24.0 Å². The average Bonchev–Trinajstić information content (AvgIpc) is 1.71. The molecule has 4 aromatic heterocycles. The van der Waals surface area contributed by atoms with Crippen LogP contribution >= 0.6 is 21.6 Å². The number of nitrogens with zero attached hydrogens (tertiary/aromatic N) is 2. The second-order valence-electron chi connectivity index (χ2n) is 28.7. The first-order valence-corrected chi connectivity index (χ1v) is 41.7. The highest BCUT2D eigenvalue weighted by Gasteiger charge is 2.40. The first kappa shape index (κ1) is 88.3. The molecule has 7 aromatic rings. The number of carbonyl (C=O) groups excluding carboxylic acids is 12. The Morgan fingerprint density at radius 2 is 0.626 bits per heavy atom. The molecule has 2 bridgehead atoms. The first-order chi connectivity index (χ1) is 55.8. The van der Waals surface area contributed by atoms with Gasteiger partial charge in [0.1, 0.15) is 66.5 Å². The Labute approximate surface area is 673 Å². The fourth-order valence-electron chi connectivity index (χ4n) is 13.7. The zero-order chi connectivity index (χ0) is 82.0. The molecule has 9 rings (SSSR count). The van der Waals surface area contributed by atoms with Crippen molar-refractivity contribution >= 4 is 114 Å². The van der Waals surface area contributed by atoms with Gasteiger partial charge in [0, 0.05) is 84.5 Å². The SMILES string of the molecule is NCCCC[C@@H]1NC(=O)[C@H](CCCCN)NC(=O)[C@@H]2CSS[C@H](NC(=O)[C@H](Cc3c[nH]c4ccccc34)NC(=O)[C@H](CCCCN)NC(=O)[C@H](CCCCN)NC1=O)C(=O)N[C@@H](CCCCN)C(=O)N[C@@H](Cc1c[nH]cn1)C(=O)N[C@H](Cc1ccccc1)C(=O)N[C@@H](Cc1c[nH]cn1)C(=O)N[C@@H](Cc1c[nH]c3ccccc13)C(=O)N2. The lowest BCUT2D eigenvalue weighted by Gasteiger charge is -2.30. The maximum atomic E-state index is 15.8. The smallest absolute Gasteiger partial charge is 0.254 e. The van der Waals surface area contributed by atoms with Crippen LogP contribution in [0.5, 0.6) is 0 Å². The van der Waals surface area contributed by atoms with E-state index in [4.69, 9.17) is 28.7 Å². The van der Waals surface area contributed by atoms with Gasteiger partial charge in [-0.25, -0.2) is 9.97 Å². The molecule has 620 valence electrons. The zero-order valence-corrected chi connectivity index (χ0v) is 65.9. The second-order valence-corrected chi connectivity index (χ2v) is 31.2. The number of rotatable bonds is 30. The number of H-pyrrole nitrogens is 4. The number of aromatic nitrogens is 6. The van der Waals surface area contributed by atoms with Crippen LogP contribution in [0, 0.1) is 0 Å². The number of aromatic amines is 4. The summed E-state index contributed by atoms with van der Waals surface area (Å²) < 4.78 is 0. The summed E-state index contributed by atoms with van der Waals surface area (Å²) in [4.78, 5) is 206. The van der Waals surface area contributed by atoms with Crippen molar-refractivity contribution < 1.29 is 57.5 Å². The van der Waals surface area contributed by atoms with Crippen LogP contribution in [0.4, 0.5) is 0 Å². The van der Waals surface area contributed by atoms with Crippen molar-refractivity contribution in [2.24, 2.45) is 28.7 Å². The van der Waals surface area contributed by atoms with Gasteiger partial charge >= 0.3 is 0 Å². The Morgan fingerprint density at radius 1 is 0.313 bits per heavy atom. The molecule has 0 unspecified atom stereocenters. The molecule has 35 nitrogen and oxygen atoms in total. The molecule has 37 heteroatoms. The van der Waals surface area contributed by atoms with E-state index in [1.54, 1.807) is 73.1 Å². The lowest BCUT2D eigenvalue weighted by Crippen LogP contribution is -2.62. The Bertz CT molecular complexity index is 4340. The van der Waals surface area contributed by atoms with Gasteiger partial charge in [0.25, 0.3) is 5.91 Å². The predicted octanol–water partition coefficient (Wildman–Crippen LogP) is -0.563. The van der Waals surface area contributed by atoms with Crippen molar-refractivity contribution in [3.8, 4) is 0 Å². The van der Waals surface area contributed by atoms with E-state index in [0.717, 1.165) is 10.8 Å². The molecule has 2 fully saturated rings. The number of nitrogens with one attached hydrogen (secondary N) is 16. The van der Waals surface area contributed by atoms with Gasteiger partial charge in [-0.15, -0.1) is 0 Å². The zero-order valence-electron chi connectivity index (χ0n) is 64.3. The number of unbranched alkanes of at least 4 members (excludes halogenated alkanes) is 5. The highest BCUT2D eigenvalue weighted by Crippen LogP contribution is 2.29. The Balaban J connectivity index is 1.22. The first-order valence-electron chi connectivity index (χ1n) is 39.3. The van der Waals surface area contributed by atoms with E-state index in [-0.39, 0.29) is 110 Å². The third-order valence-corrected chi connectivity index (χ3v) is 22.5. The van der Waals surface area contributed by atoms with Crippen LogP contribution < -0.4 is 92.5 Å². The van der Waals surface area contributed by atoms with E-state index < -0.39 is 148 Å². The summed E-state index contributed by atoms with van der Waals surface area (Å²) in [6.07, 6.45) is 11.2. The van der Waals surface area contributed by atoms with Crippen molar-refractivity contribution in [2.45, 2.75) is 200 Å². The number of carbonyl (C=O) groups is 12. The highest BCUT2D eigenvalue weighted by atomic mass is 33.1. The largest absolute Gasteiger partial charge is 0.361 e. The number of amides is 12. The number of hydrogen-bond donors (Lipinski definition) is 21. The Morgan fingerprint density at radius 3 is 1.00 bits per heavy atom. The van der Waals surface area contributed by atoms with Crippen molar-refractivity contribution in [3.05, 3.63) is 144 Å². The van der Waals surface area contributed by atoms with Gasteiger partial charge in [-0.2, -0.15) is 0 Å². The number of benzene rings is 3. The summed E-state index contributed by atoms with van der Waals surface area (Å²) in [5.74, 6) is -11.2. The molecule has 0 aliphatic carbocycles. The van der Waals surface area contributed by atoms with Crippen LogP contribution in [-0.2, 0) is 89.6 Å². The predicted molar refractivity (Wildman–Crippen MR) is 436 cm³/mol. The van der Waals surface area contributed by atoms with Crippen molar-refractivity contribution in [1.29, 1.82) is 0 Å². The van der Waals surface area contributed by atoms with Gasteiger partial charge < -0.3 is 112 Å². The summed E-state index contributed by atoms with van der Waals surface area (Å²) >= 11 is 0. The molecule has 6 heterocycles. The van der Waals surface area contributed by atoms with Gasteiger partial charge in [-0.05, 0) is 158 Å². The van der Waals surface area contributed by atoms with Crippen LogP contribution in [0.25, 0.3) is 21.8 Å². The monoisotopic (exact) mass is 1620 g/mol. The maximum Gasteiger partial charge on any atom is 0.254 e. The van der Waals surface area contributed by atoms with E-state index in [1.807, 2.05) is 18.2 Å². The highest BCUT2D eigenvalue weighted by molar-refractivity contribution is 8.77. The molecule has 2 aliphatic rings. The van der Waals surface area contributed by atoms with Crippen molar-refractivity contribution in [3.63, 3.8) is 0 Å². The third-order valence-electron chi connectivity index (χ3n) is 20.0. The van der Waals surface area contributed by atoms with Gasteiger partial charge in [-0.1, -0.05) is 88.3 Å². The van der Waals surface area contributed by atoms with E-state index in [0.29, 0.717) is 112 Å². The molecule has 0 radical (unpaired) electrons. The summed E-state index contributed by atoms with van der Waals surface area (Å²) in [7, 11) is 1.47. The van der Waals surface area contributed by atoms with Crippen LogP contribution in [0.3, 0.4) is 0 Å². The summed E-state index contributed by atoms with van der Waals surface area (Å²) in [6, 6.07) is 6.58. The van der Waals surface area contributed by atoms with Crippen molar-refractivity contribution in [2.75, 3.05) is 38.5 Å². The van der Waals surface area contributed by atoms with E-state index in [1.165, 1.54) is 25.0 Å². The van der Waals surface area contributed by atoms with Crippen LogP contribution in [-0.4, -0.2) is 211 Å². The number of imidazole rings is 2. The van der Waals surface area contributed by atoms with E-state index >= 15 is 47.9 Å². The number of para-hydroxylation sites is 2. The standard InChI is InChI=1S/C78H109N23O12S2/c79-29-13-8-24-55-66(102)90-56(25-9-14-30-80)67(103)92-58(27-11-16-32-82)69(105)96-62(36-48-40-87-54-23-7-5-21-52(48)54)75(111)101-78-77(113)94-59(28-12-17-33-83)70(106)98-63(37-49-41-84-44-88-49)73(109)95-60(34-46-18-2-1-3-19-46)71(107)99-64(38-50-42-85-45-89-50)74(110)97-61(35-47-39-86-53-22-6-4-20-51(47)53)72(108)100-65(43-114-115-78)76(112)93-57(68(104)91-55)26-10-15-31-81/h1-7,18-23,39-42,44-45,55-65,78,86-87H,8-17,24-38,43,79-83H2,(H,84,88)(H,85,89)(H,90,102)(H,91,104)(H,92,103)(H,93,112)(H,94,113)(H,95,109)(H,96,105)(H,97,110)(H,98,106)(H,99,107)(H,100,108)(H,101,111)/t55-,56-,57-,58-,59-,60+,61-,62-,63-,64-,65-,78-/m0/s1. The Kier molecular flexibility index (Phi) is 35.3. The van der Waals surface area contributed by atoms with Gasteiger partial charge in [0.2, 0.25) is 65.0 Å². The molecular formula is C78H109N23O12S2. The molecule has 2 saturated heterocycles. The fourth-order valence-corrected chi connectivity index (χ4v) is 16.0. The maximum absolute atomic E-state index is 15.8. The normalized spacial score (nSPS) is 23.4. The van der Waals surface area contributed by atoms with Crippen LogP contribution in [0.15, 0.2) is 116 Å². The lowest BCUT2D eigenvalue weighted by atomic mass is 10.0. The topological polar surface area (TPSA) is 568 Å². The molecule has 26 N–H and O–H groups in total. The number of fused-ring (bicyclic) bond motifs is 6. The van der Waals surface area contributed by atoms with Crippen LogP contribution in [0.1, 0.15) is 124 Å². The molecule has 0 spiro atoms. The summed E-state index contributed by atoms with van der Waals surface area (Å²) in [5, 5.41) is 33.6. The molecule has 12 amide bonds. The molecule has 0 saturated carbocycles. The number of hydrogen-bond acceptors (Lipinski definition) is 21. The lowest BCUT2D eigenvalue weighted by molar-refractivity contribution is -0.136. The molecular weight excluding hydrogens is 1520 g/mol. The Hall–Kier alpha value is -10.7. The summed E-state index contributed by atoms with van der Waals surface area (Å²) in [6.45, 7) is 1.03. The average molecular weight is 1630 g/mol. The van der Waals surface area contributed by atoms with E-state index in [2.05, 4.69) is 93.7 Å². The minimum absolute atomic E-state index is 0.00605. The molecule has 12 atom stereocenters. The molecule has 2 aliphatic heterocycles. The van der Waals surface area contributed by atoms with Crippen LogP contribution in [0.2, 0.25) is 0 Å².